The summed E-state index contributed by atoms with van der Waals surface area (Å²) in [5, 5.41) is 9.03. The van der Waals surface area contributed by atoms with Gasteiger partial charge >= 0.3 is 6.18 Å². The first-order valence-electron chi connectivity index (χ1n) is 5.29. The summed E-state index contributed by atoms with van der Waals surface area (Å²) >= 11 is 0. The Kier molecular flexibility index (Phi) is 4.45. The van der Waals surface area contributed by atoms with Crippen molar-refractivity contribution in [2.45, 2.75) is 19.0 Å². The van der Waals surface area contributed by atoms with Gasteiger partial charge in [0.15, 0.2) is 11.5 Å². The lowest BCUT2D eigenvalue weighted by Crippen LogP contribution is -2.15. The normalized spacial score (nSPS) is 13.3. The largest absolute Gasteiger partial charge is 0.493 e. The number of rotatable bonds is 4. The van der Waals surface area contributed by atoms with Crippen LogP contribution in [0.3, 0.4) is 0 Å². The van der Waals surface area contributed by atoms with Gasteiger partial charge in [0.25, 0.3) is 0 Å². The van der Waals surface area contributed by atoms with E-state index in [0.717, 1.165) is 7.11 Å². The molecular formula is C12H15F3O3. The molecule has 3 nitrogen and oxygen atoms in total. The highest BCUT2D eigenvalue weighted by atomic mass is 19.4. The number of methoxy groups -OCH3 is 2. The first-order valence-corrected chi connectivity index (χ1v) is 5.29. The fraction of sp³-hybridized carbons (Fsp3) is 0.500. The van der Waals surface area contributed by atoms with Crippen molar-refractivity contribution >= 4 is 0 Å². The van der Waals surface area contributed by atoms with Gasteiger partial charge in [-0.1, -0.05) is 13.0 Å². The van der Waals surface area contributed by atoms with Crippen molar-refractivity contribution in [2.75, 3.05) is 20.8 Å². The highest BCUT2D eigenvalue weighted by Crippen LogP contribution is 2.45. The fourth-order valence-electron chi connectivity index (χ4n) is 1.74. The Morgan fingerprint density at radius 3 is 2.22 bits per heavy atom. The number of ether oxygens (including phenoxy) is 2. The van der Waals surface area contributed by atoms with Crippen LogP contribution in [0.5, 0.6) is 11.5 Å². The van der Waals surface area contributed by atoms with Gasteiger partial charge < -0.3 is 14.6 Å². The van der Waals surface area contributed by atoms with Crippen LogP contribution in [0.4, 0.5) is 13.2 Å². The van der Waals surface area contributed by atoms with Gasteiger partial charge in [-0.05, 0) is 11.6 Å². The third kappa shape index (κ3) is 2.69. The molecule has 102 valence electrons. The molecule has 1 N–H and O–H groups in total. The summed E-state index contributed by atoms with van der Waals surface area (Å²) in [4.78, 5) is 0. The van der Waals surface area contributed by atoms with Crippen LogP contribution in [0.25, 0.3) is 0 Å². The zero-order valence-corrected chi connectivity index (χ0v) is 10.3. The maximum absolute atomic E-state index is 13.1. The summed E-state index contributed by atoms with van der Waals surface area (Å²) in [6.45, 7) is 1.13. The maximum atomic E-state index is 13.1. The summed E-state index contributed by atoms with van der Waals surface area (Å²) in [6.07, 6.45) is -4.57. The van der Waals surface area contributed by atoms with Crippen LogP contribution < -0.4 is 9.47 Å². The maximum Gasteiger partial charge on any atom is 0.420 e. The van der Waals surface area contributed by atoms with Crippen molar-refractivity contribution in [1.29, 1.82) is 0 Å². The van der Waals surface area contributed by atoms with E-state index in [1.54, 1.807) is 0 Å². The molecule has 0 aliphatic carbocycles. The van der Waals surface area contributed by atoms with Crippen LogP contribution in [-0.2, 0) is 6.18 Å². The highest BCUT2D eigenvalue weighted by molar-refractivity contribution is 5.53. The molecule has 0 fully saturated rings. The van der Waals surface area contributed by atoms with E-state index in [2.05, 4.69) is 0 Å². The molecule has 0 radical (unpaired) electrons. The lowest BCUT2D eigenvalue weighted by Gasteiger charge is -2.21. The summed E-state index contributed by atoms with van der Waals surface area (Å²) < 4.78 is 48.9. The SMILES string of the molecule is COc1ccc(C(C)CO)c(C(F)(F)F)c1OC. The second-order valence-corrected chi connectivity index (χ2v) is 3.85. The average Bonchev–Trinajstić information content (AvgIpc) is 2.34. The predicted octanol–water partition coefficient (Wildman–Crippen LogP) is 2.82. The third-order valence-corrected chi connectivity index (χ3v) is 2.67. The molecule has 1 atom stereocenters. The zero-order chi connectivity index (χ0) is 13.9. The first-order chi connectivity index (χ1) is 8.36. The number of hydrogen-bond donors (Lipinski definition) is 1. The van der Waals surface area contributed by atoms with Crippen molar-refractivity contribution in [3.8, 4) is 11.5 Å². The lowest BCUT2D eigenvalue weighted by atomic mass is 9.94. The van der Waals surface area contributed by atoms with Crippen molar-refractivity contribution < 1.29 is 27.8 Å². The molecule has 0 heterocycles. The molecular weight excluding hydrogens is 249 g/mol. The molecule has 18 heavy (non-hydrogen) atoms. The molecule has 1 unspecified atom stereocenters. The van der Waals surface area contributed by atoms with Gasteiger partial charge in [-0.2, -0.15) is 13.2 Å². The van der Waals surface area contributed by atoms with Crippen LogP contribution >= 0.6 is 0 Å². The smallest absolute Gasteiger partial charge is 0.420 e. The molecule has 0 saturated carbocycles. The van der Waals surface area contributed by atoms with E-state index >= 15 is 0 Å². The zero-order valence-electron chi connectivity index (χ0n) is 10.3. The third-order valence-electron chi connectivity index (χ3n) is 2.67. The molecule has 0 bridgehead atoms. The van der Waals surface area contributed by atoms with Gasteiger partial charge in [-0.15, -0.1) is 0 Å². The molecule has 0 aliphatic rings. The van der Waals surface area contributed by atoms with E-state index in [0.29, 0.717) is 0 Å². The Bertz CT molecular complexity index is 416. The molecule has 1 aromatic rings. The second-order valence-electron chi connectivity index (χ2n) is 3.85. The van der Waals surface area contributed by atoms with E-state index in [9.17, 15) is 13.2 Å². The minimum absolute atomic E-state index is 0.0114. The van der Waals surface area contributed by atoms with Gasteiger partial charge in [0, 0.05) is 12.5 Å². The number of aliphatic hydroxyl groups excluding tert-OH is 1. The number of alkyl halides is 3. The minimum Gasteiger partial charge on any atom is -0.493 e. The van der Waals surface area contributed by atoms with Crippen LogP contribution in [0.2, 0.25) is 0 Å². The topological polar surface area (TPSA) is 38.7 Å². The predicted molar refractivity (Wildman–Crippen MR) is 60.0 cm³/mol. The first kappa shape index (κ1) is 14.6. The van der Waals surface area contributed by atoms with Crippen LogP contribution in [0, 0.1) is 0 Å². The van der Waals surface area contributed by atoms with E-state index in [1.165, 1.54) is 26.2 Å². The summed E-state index contributed by atoms with van der Waals surface area (Å²) in [5.74, 6) is -0.983. The van der Waals surface area contributed by atoms with Gasteiger partial charge in [0.2, 0.25) is 0 Å². The molecule has 0 saturated heterocycles. The standard InChI is InChI=1S/C12H15F3O3/c1-7(6-16)8-4-5-9(17-2)11(18-3)10(8)12(13,14)15/h4-5,7,16H,6H2,1-3H3. The second kappa shape index (κ2) is 5.48. The Balaban J connectivity index is 3.55. The number of aliphatic hydroxyl groups is 1. The van der Waals surface area contributed by atoms with Crippen molar-refractivity contribution in [3.63, 3.8) is 0 Å². The summed E-state index contributed by atoms with van der Waals surface area (Å²) in [6, 6.07) is 2.70. The van der Waals surface area contributed by atoms with Gasteiger partial charge in [0.1, 0.15) is 5.56 Å². The Morgan fingerprint density at radius 1 is 1.22 bits per heavy atom. The monoisotopic (exact) mass is 264 g/mol. The Hall–Kier alpha value is -1.43. The van der Waals surface area contributed by atoms with Crippen molar-refractivity contribution in [1.82, 2.24) is 0 Å². The summed E-state index contributed by atoms with van der Waals surface area (Å²) in [5.41, 5.74) is -0.909. The molecule has 0 aliphatic heterocycles. The van der Waals surface area contributed by atoms with E-state index < -0.39 is 17.7 Å². The molecule has 1 aromatic carbocycles. The minimum atomic E-state index is -4.57. The van der Waals surface area contributed by atoms with Gasteiger partial charge in [-0.25, -0.2) is 0 Å². The summed E-state index contributed by atoms with van der Waals surface area (Å²) in [7, 11) is 2.42. The van der Waals surface area contributed by atoms with Gasteiger partial charge in [-0.3, -0.25) is 0 Å². The van der Waals surface area contributed by atoms with Gasteiger partial charge in [0.05, 0.1) is 14.2 Å². The van der Waals surface area contributed by atoms with Crippen molar-refractivity contribution in [3.05, 3.63) is 23.3 Å². The van der Waals surface area contributed by atoms with E-state index in [-0.39, 0.29) is 23.7 Å². The highest BCUT2D eigenvalue weighted by Gasteiger charge is 2.39. The Labute approximate surface area is 103 Å². The van der Waals surface area contributed by atoms with Crippen molar-refractivity contribution in [2.24, 2.45) is 0 Å². The van der Waals surface area contributed by atoms with Crippen LogP contribution in [0.15, 0.2) is 12.1 Å². The number of halogens is 3. The molecule has 0 amide bonds. The van der Waals surface area contributed by atoms with Crippen LogP contribution in [-0.4, -0.2) is 25.9 Å². The molecule has 1 rings (SSSR count). The number of hydrogen-bond acceptors (Lipinski definition) is 3. The molecule has 6 heteroatoms. The number of benzene rings is 1. The quantitative estimate of drug-likeness (QED) is 0.908. The molecule has 0 spiro atoms. The molecule has 0 aromatic heterocycles. The average molecular weight is 264 g/mol. The fourth-order valence-corrected chi connectivity index (χ4v) is 1.74. The lowest BCUT2D eigenvalue weighted by molar-refractivity contribution is -0.139. The Morgan fingerprint density at radius 2 is 1.83 bits per heavy atom. The van der Waals surface area contributed by atoms with Crippen LogP contribution in [0.1, 0.15) is 24.0 Å². The van der Waals surface area contributed by atoms with E-state index in [4.69, 9.17) is 14.6 Å². The van der Waals surface area contributed by atoms with E-state index in [1.807, 2.05) is 0 Å².